The topological polar surface area (TPSA) is 71.7 Å². The fourth-order valence-electron chi connectivity index (χ4n) is 4.83. The highest BCUT2D eigenvalue weighted by Crippen LogP contribution is 2.41. The van der Waals surface area contributed by atoms with E-state index in [1.807, 2.05) is 62.7 Å². The van der Waals surface area contributed by atoms with Crippen molar-refractivity contribution in [3.8, 4) is 22.8 Å². The number of esters is 1. The summed E-state index contributed by atoms with van der Waals surface area (Å²) in [5.74, 6) is -0.0342. The summed E-state index contributed by atoms with van der Waals surface area (Å²) in [7, 11) is 1.82. The molecule has 0 amide bonds. The highest BCUT2D eigenvalue weighted by molar-refractivity contribution is 5.72. The van der Waals surface area contributed by atoms with Gasteiger partial charge in [-0.05, 0) is 83.8 Å². The van der Waals surface area contributed by atoms with Crippen molar-refractivity contribution >= 4 is 11.7 Å². The molecule has 7 nitrogen and oxygen atoms in total. The number of likely N-dealkylation sites (N-methyl/N-ethyl adjacent to an activating group) is 1. The number of carbonyl (C=O) groups is 1. The first kappa shape index (κ1) is 28.6. The molecule has 0 spiro atoms. The molecule has 1 atom stereocenters. The minimum absolute atomic E-state index is 0.0150. The third kappa shape index (κ3) is 7.38. The molecule has 3 aromatic rings. The average Bonchev–Trinajstić information content (AvgIpc) is 3.33. The average molecular weight is 545 g/mol. The molecule has 2 heterocycles. The van der Waals surface area contributed by atoms with Crippen molar-refractivity contribution in [1.82, 2.24) is 15.0 Å². The maximum Gasteiger partial charge on any atom is 0.418 e. The van der Waals surface area contributed by atoms with Crippen LogP contribution in [-0.2, 0) is 22.3 Å². The molecule has 1 aliphatic rings. The van der Waals surface area contributed by atoms with Crippen LogP contribution >= 0.6 is 0 Å². The summed E-state index contributed by atoms with van der Waals surface area (Å²) in [5.41, 5.74) is 0.696. The van der Waals surface area contributed by atoms with Gasteiger partial charge >= 0.3 is 12.1 Å². The minimum atomic E-state index is -4.52. The van der Waals surface area contributed by atoms with Crippen molar-refractivity contribution in [2.24, 2.45) is 0 Å². The highest BCUT2D eigenvalue weighted by Gasteiger charge is 2.37. The molecule has 1 aromatic heterocycles. The van der Waals surface area contributed by atoms with Crippen LogP contribution in [0.1, 0.15) is 58.1 Å². The molecule has 0 radical (unpaired) electrons. The number of hydrogen-bond donors (Lipinski definition) is 0. The Labute approximate surface area is 226 Å². The second-order valence-electron chi connectivity index (χ2n) is 11.2. The number of nitrogens with zero attached hydrogens (tertiary/aromatic N) is 4. The largest absolute Gasteiger partial charge is 0.459 e. The van der Waals surface area contributed by atoms with Gasteiger partial charge in [0, 0.05) is 35.9 Å². The smallest absolute Gasteiger partial charge is 0.418 e. The molecule has 0 saturated carbocycles. The molecular weight excluding hydrogens is 509 g/mol. The first-order valence-corrected chi connectivity index (χ1v) is 13.1. The molecular formula is C29H35F3N4O3. The SMILES string of the molecule is C[C@@H]1CCCCN1c1ccc(-c2nc(-c3cccc(CN(C)CC(=O)OC(C)(C)C)c3)no2)cc1C(F)(F)F. The van der Waals surface area contributed by atoms with E-state index in [4.69, 9.17) is 9.26 Å². The Balaban J connectivity index is 1.53. The zero-order valence-corrected chi connectivity index (χ0v) is 23.0. The van der Waals surface area contributed by atoms with Gasteiger partial charge < -0.3 is 14.2 Å². The molecule has 39 heavy (non-hydrogen) atoms. The van der Waals surface area contributed by atoms with E-state index >= 15 is 0 Å². The first-order chi connectivity index (χ1) is 18.3. The number of alkyl halides is 3. The molecule has 0 N–H and O–H groups in total. The summed E-state index contributed by atoms with van der Waals surface area (Å²) in [6.07, 6.45) is -1.78. The van der Waals surface area contributed by atoms with Crippen molar-refractivity contribution in [3.63, 3.8) is 0 Å². The van der Waals surface area contributed by atoms with Gasteiger partial charge in [-0.25, -0.2) is 0 Å². The molecule has 0 unspecified atom stereocenters. The van der Waals surface area contributed by atoms with Gasteiger partial charge in [-0.1, -0.05) is 23.4 Å². The summed E-state index contributed by atoms with van der Waals surface area (Å²) >= 11 is 0. The number of anilines is 1. The maximum atomic E-state index is 14.1. The van der Waals surface area contributed by atoms with E-state index < -0.39 is 17.3 Å². The Morgan fingerprint density at radius 2 is 1.90 bits per heavy atom. The van der Waals surface area contributed by atoms with Crippen LogP contribution in [0.25, 0.3) is 22.8 Å². The number of piperidine rings is 1. The van der Waals surface area contributed by atoms with Crippen molar-refractivity contribution in [3.05, 3.63) is 53.6 Å². The van der Waals surface area contributed by atoms with Gasteiger partial charge in [-0.3, -0.25) is 9.69 Å². The predicted molar refractivity (Wildman–Crippen MR) is 143 cm³/mol. The van der Waals surface area contributed by atoms with Gasteiger partial charge in [-0.2, -0.15) is 18.2 Å². The lowest BCUT2D eigenvalue weighted by Gasteiger charge is -2.37. The van der Waals surface area contributed by atoms with Crippen molar-refractivity contribution in [2.45, 2.75) is 71.3 Å². The number of benzene rings is 2. The van der Waals surface area contributed by atoms with Crippen LogP contribution in [0.3, 0.4) is 0 Å². The summed E-state index contributed by atoms with van der Waals surface area (Å²) in [5, 5.41) is 4.02. The van der Waals surface area contributed by atoms with Gasteiger partial charge in [0.05, 0.1) is 12.1 Å². The van der Waals surface area contributed by atoms with Gasteiger partial charge in [0.1, 0.15) is 5.60 Å². The molecule has 1 fully saturated rings. The molecule has 10 heteroatoms. The van der Waals surface area contributed by atoms with Crippen LogP contribution in [0.2, 0.25) is 0 Å². The van der Waals surface area contributed by atoms with Crippen LogP contribution in [0.4, 0.5) is 18.9 Å². The third-order valence-electron chi connectivity index (χ3n) is 6.54. The fourth-order valence-corrected chi connectivity index (χ4v) is 4.83. The first-order valence-electron chi connectivity index (χ1n) is 13.1. The van der Waals surface area contributed by atoms with Crippen molar-refractivity contribution < 1.29 is 27.2 Å². The van der Waals surface area contributed by atoms with E-state index in [-0.39, 0.29) is 41.5 Å². The molecule has 1 aliphatic heterocycles. The lowest BCUT2D eigenvalue weighted by Crippen LogP contribution is -2.38. The van der Waals surface area contributed by atoms with E-state index in [2.05, 4.69) is 10.1 Å². The van der Waals surface area contributed by atoms with Crippen LogP contribution in [0, 0.1) is 0 Å². The Kier molecular flexibility index (Phi) is 8.34. The van der Waals surface area contributed by atoms with E-state index in [0.717, 1.165) is 30.9 Å². The standard InChI is InChI=1S/C29H35F3N4O3/c1-19-9-6-7-14-36(19)24-13-12-22(16-23(24)29(30,31)32)27-33-26(34-39-27)21-11-8-10-20(15-21)17-35(5)18-25(37)38-28(2,3)4/h8,10-13,15-16,19H,6-7,9,14,17-18H2,1-5H3/t19-/m1/s1. The van der Waals surface area contributed by atoms with E-state index in [9.17, 15) is 18.0 Å². The number of aromatic nitrogens is 2. The quantitative estimate of drug-likeness (QED) is 0.311. The van der Waals surface area contributed by atoms with E-state index in [1.54, 1.807) is 12.1 Å². The van der Waals surface area contributed by atoms with Gasteiger partial charge in [-0.15, -0.1) is 0 Å². The van der Waals surface area contributed by atoms with Crippen LogP contribution in [-0.4, -0.2) is 52.8 Å². The van der Waals surface area contributed by atoms with Gasteiger partial charge in [0.15, 0.2) is 0 Å². The Hall–Kier alpha value is -3.40. The van der Waals surface area contributed by atoms with Crippen LogP contribution in [0.15, 0.2) is 47.0 Å². The summed E-state index contributed by atoms with van der Waals surface area (Å²) < 4.78 is 53.0. The fraction of sp³-hybridized carbons (Fsp3) is 0.483. The van der Waals surface area contributed by atoms with E-state index in [1.165, 1.54) is 6.07 Å². The zero-order chi connectivity index (χ0) is 28.4. The molecule has 210 valence electrons. The highest BCUT2D eigenvalue weighted by atomic mass is 19.4. The predicted octanol–water partition coefficient (Wildman–Crippen LogP) is 6.57. The molecule has 1 saturated heterocycles. The maximum absolute atomic E-state index is 14.1. The molecule has 0 aliphatic carbocycles. The van der Waals surface area contributed by atoms with Crippen molar-refractivity contribution in [2.75, 3.05) is 25.0 Å². The number of rotatable bonds is 7. The molecule has 4 rings (SSSR count). The Morgan fingerprint density at radius 3 is 2.59 bits per heavy atom. The lowest BCUT2D eigenvalue weighted by atomic mass is 9.99. The second-order valence-corrected chi connectivity index (χ2v) is 11.2. The van der Waals surface area contributed by atoms with Crippen LogP contribution < -0.4 is 4.90 Å². The van der Waals surface area contributed by atoms with Gasteiger partial charge in [0.25, 0.3) is 5.89 Å². The van der Waals surface area contributed by atoms with Gasteiger partial charge in [0.2, 0.25) is 5.82 Å². The Bertz CT molecular complexity index is 1300. The number of hydrogen-bond acceptors (Lipinski definition) is 7. The van der Waals surface area contributed by atoms with E-state index in [0.29, 0.717) is 18.7 Å². The van der Waals surface area contributed by atoms with Crippen molar-refractivity contribution in [1.29, 1.82) is 0 Å². The molecule has 0 bridgehead atoms. The molecule has 2 aromatic carbocycles. The third-order valence-corrected chi connectivity index (χ3v) is 6.54. The summed E-state index contributed by atoms with van der Waals surface area (Å²) in [6.45, 7) is 8.62. The minimum Gasteiger partial charge on any atom is -0.459 e. The summed E-state index contributed by atoms with van der Waals surface area (Å²) in [6, 6.07) is 11.6. The normalized spacial score (nSPS) is 16.5. The summed E-state index contributed by atoms with van der Waals surface area (Å²) in [4.78, 5) is 20.2. The second kappa shape index (κ2) is 11.4. The van der Waals surface area contributed by atoms with Crippen LogP contribution in [0.5, 0.6) is 0 Å². The lowest BCUT2D eigenvalue weighted by molar-refractivity contribution is -0.155. The monoisotopic (exact) mass is 544 g/mol. The Morgan fingerprint density at radius 1 is 1.13 bits per heavy atom. The number of carbonyl (C=O) groups excluding carboxylic acids is 1. The zero-order valence-electron chi connectivity index (χ0n) is 23.0. The number of halogens is 3. The number of ether oxygens (including phenoxy) is 1.